The van der Waals surface area contributed by atoms with E-state index in [4.69, 9.17) is 9.63 Å². The highest BCUT2D eigenvalue weighted by molar-refractivity contribution is 6.06. The average Bonchev–Trinajstić information content (AvgIpc) is 2.76. The van der Waals surface area contributed by atoms with Crippen molar-refractivity contribution >= 4 is 11.7 Å². The Labute approximate surface area is 96.5 Å². The van der Waals surface area contributed by atoms with E-state index in [1.807, 2.05) is 0 Å². The standard InChI is InChI=1S/C10H11N3O4/c14-6-1-2-7(11-5-6)10-12-8(17-13-10)3-4-9(15)16/h1-2,6,14H,3-5H2,(H,15,16). The molecule has 2 rings (SSSR count). The number of aryl methyl sites for hydroxylation is 1. The number of aromatic nitrogens is 2. The predicted molar refractivity (Wildman–Crippen MR) is 56.8 cm³/mol. The van der Waals surface area contributed by atoms with E-state index in [2.05, 4.69) is 15.1 Å². The average molecular weight is 237 g/mol. The molecule has 0 aliphatic carbocycles. The number of aliphatic carboxylic acids is 1. The van der Waals surface area contributed by atoms with Gasteiger partial charge in [-0.05, 0) is 6.08 Å². The Hall–Kier alpha value is -2.02. The van der Waals surface area contributed by atoms with Crippen molar-refractivity contribution in [1.29, 1.82) is 0 Å². The molecule has 2 heterocycles. The van der Waals surface area contributed by atoms with Gasteiger partial charge in [0.2, 0.25) is 11.7 Å². The Bertz CT molecular complexity index is 478. The number of aliphatic hydroxyl groups is 1. The molecule has 7 nitrogen and oxygen atoms in total. The van der Waals surface area contributed by atoms with Crippen LogP contribution in [0, 0.1) is 0 Å². The first-order valence-electron chi connectivity index (χ1n) is 5.10. The molecule has 0 fully saturated rings. The van der Waals surface area contributed by atoms with Gasteiger partial charge in [-0.2, -0.15) is 4.98 Å². The summed E-state index contributed by atoms with van der Waals surface area (Å²) in [6, 6.07) is 0. The zero-order valence-corrected chi connectivity index (χ0v) is 8.91. The second-order valence-corrected chi connectivity index (χ2v) is 3.56. The summed E-state index contributed by atoms with van der Waals surface area (Å²) in [5.74, 6) is -0.332. The zero-order valence-electron chi connectivity index (χ0n) is 8.91. The van der Waals surface area contributed by atoms with Crippen molar-refractivity contribution in [2.45, 2.75) is 18.9 Å². The van der Waals surface area contributed by atoms with Gasteiger partial charge in [-0.15, -0.1) is 0 Å². The molecule has 17 heavy (non-hydrogen) atoms. The van der Waals surface area contributed by atoms with Gasteiger partial charge in [0.25, 0.3) is 0 Å². The largest absolute Gasteiger partial charge is 0.481 e. The molecular weight excluding hydrogens is 226 g/mol. The monoisotopic (exact) mass is 237 g/mol. The van der Waals surface area contributed by atoms with Crippen LogP contribution in [-0.4, -0.2) is 44.7 Å². The molecule has 2 N–H and O–H groups in total. The molecule has 0 radical (unpaired) electrons. The van der Waals surface area contributed by atoms with Crippen molar-refractivity contribution in [2.24, 2.45) is 4.99 Å². The van der Waals surface area contributed by atoms with E-state index in [-0.39, 0.29) is 25.3 Å². The van der Waals surface area contributed by atoms with Crippen LogP contribution in [-0.2, 0) is 11.2 Å². The van der Waals surface area contributed by atoms with E-state index < -0.39 is 12.1 Å². The molecule has 1 aliphatic rings. The number of carboxylic acids is 1. The number of nitrogens with zero attached hydrogens (tertiary/aromatic N) is 3. The highest BCUT2D eigenvalue weighted by atomic mass is 16.5. The summed E-state index contributed by atoms with van der Waals surface area (Å²) in [6.45, 7) is 0.269. The van der Waals surface area contributed by atoms with Crippen LogP contribution in [0.4, 0.5) is 0 Å². The lowest BCUT2D eigenvalue weighted by molar-refractivity contribution is -0.137. The number of allylic oxidation sites excluding steroid dienone is 1. The van der Waals surface area contributed by atoms with Gasteiger partial charge in [-0.25, -0.2) is 0 Å². The van der Waals surface area contributed by atoms with Crippen molar-refractivity contribution in [3.8, 4) is 0 Å². The Morgan fingerprint density at radius 2 is 2.41 bits per heavy atom. The molecule has 1 aromatic rings. The Balaban J connectivity index is 2.03. The fourth-order valence-corrected chi connectivity index (χ4v) is 1.33. The first-order valence-corrected chi connectivity index (χ1v) is 5.10. The maximum Gasteiger partial charge on any atom is 0.303 e. The molecule has 1 aliphatic heterocycles. The smallest absolute Gasteiger partial charge is 0.303 e. The van der Waals surface area contributed by atoms with Crippen LogP contribution < -0.4 is 0 Å². The first-order chi connectivity index (χ1) is 8.15. The number of carboxylic acid groups (broad SMARTS) is 1. The minimum Gasteiger partial charge on any atom is -0.481 e. The number of aliphatic imine (C=N–C) groups is 1. The number of rotatable bonds is 4. The molecule has 0 aromatic carbocycles. The summed E-state index contributed by atoms with van der Waals surface area (Å²) in [5, 5.41) is 21.4. The summed E-state index contributed by atoms with van der Waals surface area (Å²) in [5.41, 5.74) is 0.528. The van der Waals surface area contributed by atoms with Crippen LogP contribution in [0.15, 0.2) is 21.7 Å². The van der Waals surface area contributed by atoms with E-state index in [9.17, 15) is 9.90 Å². The highest BCUT2D eigenvalue weighted by Gasteiger charge is 2.14. The number of hydrogen-bond donors (Lipinski definition) is 2. The molecule has 1 atom stereocenters. The van der Waals surface area contributed by atoms with Gasteiger partial charge in [0.1, 0.15) is 5.71 Å². The molecule has 0 spiro atoms. The predicted octanol–water partition coefficient (Wildman–Crippen LogP) is -0.193. The quantitative estimate of drug-likeness (QED) is 0.751. The van der Waals surface area contributed by atoms with Crippen LogP contribution >= 0.6 is 0 Å². The van der Waals surface area contributed by atoms with Gasteiger partial charge in [0.05, 0.1) is 19.1 Å². The summed E-state index contributed by atoms with van der Waals surface area (Å²) in [7, 11) is 0. The van der Waals surface area contributed by atoms with Crippen molar-refractivity contribution in [1.82, 2.24) is 10.1 Å². The molecule has 0 amide bonds. The SMILES string of the molecule is O=C(O)CCc1nc(C2=NCC(O)C=C2)no1. The van der Waals surface area contributed by atoms with E-state index in [0.717, 1.165) is 0 Å². The molecule has 1 aromatic heterocycles. The molecule has 0 bridgehead atoms. The van der Waals surface area contributed by atoms with E-state index >= 15 is 0 Å². The molecule has 0 saturated heterocycles. The van der Waals surface area contributed by atoms with Crippen LogP contribution in [0.3, 0.4) is 0 Å². The van der Waals surface area contributed by atoms with Crippen LogP contribution in [0.1, 0.15) is 18.1 Å². The maximum absolute atomic E-state index is 10.4. The van der Waals surface area contributed by atoms with Crippen molar-refractivity contribution in [2.75, 3.05) is 6.54 Å². The summed E-state index contributed by atoms with van der Waals surface area (Å²) in [4.78, 5) is 18.5. The van der Waals surface area contributed by atoms with Crippen molar-refractivity contribution in [3.05, 3.63) is 23.9 Å². The van der Waals surface area contributed by atoms with Gasteiger partial charge in [0, 0.05) is 6.42 Å². The molecule has 7 heteroatoms. The summed E-state index contributed by atoms with van der Waals surface area (Å²) in [6.07, 6.45) is 2.78. The van der Waals surface area contributed by atoms with Gasteiger partial charge >= 0.3 is 5.97 Å². The topological polar surface area (TPSA) is 109 Å². The third kappa shape index (κ3) is 2.97. The number of carbonyl (C=O) groups is 1. The molecule has 0 saturated carbocycles. The molecule has 1 unspecified atom stereocenters. The molecular formula is C10H11N3O4. The lowest BCUT2D eigenvalue weighted by Gasteiger charge is -2.06. The zero-order chi connectivity index (χ0) is 12.3. The Morgan fingerprint density at radius 1 is 1.59 bits per heavy atom. The Morgan fingerprint density at radius 3 is 3.06 bits per heavy atom. The lowest BCUT2D eigenvalue weighted by atomic mass is 10.2. The summed E-state index contributed by atoms with van der Waals surface area (Å²) >= 11 is 0. The second-order valence-electron chi connectivity index (χ2n) is 3.56. The number of dihydropyridines is 1. The maximum atomic E-state index is 10.4. The number of aliphatic hydroxyl groups excluding tert-OH is 1. The van der Waals surface area contributed by atoms with Crippen molar-refractivity contribution in [3.63, 3.8) is 0 Å². The fourth-order valence-electron chi connectivity index (χ4n) is 1.33. The van der Waals surface area contributed by atoms with Crippen molar-refractivity contribution < 1.29 is 19.5 Å². The van der Waals surface area contributed by atoms with Gasteiger partial charge in [-0.1, -0.05) is 11.2 Å². The fraction of sp³-hybridized carbons (Fsp3) is 0.400. The molecule has 90 valence electrons. The minimum absolute atomic E-state index is 0.0529. The lowest BCUT2D eigenvalue weighted by Crippen LogP contribution is -2.15. The second kappa shape index (κ2) is 4.88. The van der Waals surface area contributed by atoms with Gasteiger partial charge in [0.15, 0.2) is 0 Å². The third-order valence-corrected chi connectivity index (χ3v) is 2.17. The number of hydrogen-bond acceptors (Lipinski definition) is 6. The van der Waals surface area contributed by atoms with Crippen LogP contribution in [0.5, 0.6) is 0 Å². The van der Waals surface area contributed by atoms with E-state index in [0.29, 0.717) is 11.5 Å². The van der Waals surface area contributed by atoms with Gasteiger partial charge < -0.3 is 14.7 Å². The Kier molecular flexibility index (Phi) is 3.29. The van der Waals surface area contributed by atoms with E-state index in [1.165, 1.54) is 0 Å². The summed E-state index contributed by atoms with van der Waals surface area (Å²) < 4.78 is 4.89. The first kappa shape index (κ1) is 11.5. The highest BCUT2D eigenvalue weighted by Crippen LogP contribution is 2.07. The minimum atomic E-state index is -0.914. The normalized spacial score (nSPS) is 19.1. The van der Waals surface area contributed by atoms with Crippen LogP contribution in [0.2, 0.25) is 0 Å². The third-order valence-electron chi connectivity index (χ3n) is 2.17. The van der Waals surface area contributed by atoms with Crippen LogP contribution in [0.25, 0.3) is 0 Å². The van der Waals surface area contributed by atoms with Gasteiger partial charge in [-0.3, -0.25) is 9.79 Å². The van der Waals surface area contributed by atoms with E-state index in [1.54, 1.807) is 12.2 Å².